The molecule has 0 aromatic carbocycles. The third-order valence-electron chi connectivity index (χ3n) is 4.09. The number of hydrogen-bond donors (Lipinski definition) is 1. The van der Waals surface area contributed by atoms with E-state index in [1.54, 1.807) is 0 Å². The number of nitrogens with one attached hydrogen (secondary N) is 1. The Kier molecular flexibility index (Phi) is 7.50. The Balaban J connectivity index is 2.27. The van der Waals surface area contributed by atoms with Crippen LogP contribution in [-0.2, 0) is 4.74 Å². The van der Waals surface area contributed by atoms with Gasteiger partial charge in [-0.05, 0) is 65.0 Å². The van der Waals surface area contributed by atoms with E-state index in [0.29, 0.717) is 5.92 Å². The number of amides is 1. The van der Waals surface area contributed by atoms with Gasteiger partial charge in [-0.15, -0.1) is 0 Å². The molecule has 0 spiro atoms. The second-order valence-corrected chi connectivity index (χ2v) is 7.44. The standard InChI is InChI=1S/C17H34N2O2/c1-6-14(2)12-18-10-9-15-8-7-11-19(13-15)16(20)21-17(3,4)5/h14-15,18H,6-13H2,1-5H3. The van der Waals surface area contributed by atoms with Crippen LogP contribution in [0.2, 0.25) is 0 Å². The predicted molar refractivity (Wildman–Crippen MR) is 87.5 cm³/mol. The van der Waals surface area contributed by atoms with Crippen molar-refractivity contribution in [3.8, 4) is 0 Å². The Hall–Kier alpha value is -0.770. The number of piperidine rings is 1. The van der Waals surface area contributed by atoms with Crippen LogP contribution in [0.4, 0.5) is 4.79 Å². The maximum atomic E-state index is 12.1. The summed E-state index contributed by atoms with van der Waals surface area (Å²) in [6.45, 7) is 14.1. The lowest BCUT2D eigenvalue weighted by molar-refractivity contribution is 0.0162. The summed E-state index contributed by atoms with van der Waals surface area (Å²) < 4.78 is 5.47. The van der Waals surface area contributed by atoms with Crippen LogP contribution in [0, 0.1) is 11.8 Å². The SMILES string of the molecule is CCC(C)CNCCC1CCCN(C(=O)OC(C)(C)C)C1. The van der Waals surface area contributed by atoms with Crippen LogP contribution in [0.25, 0.3) is 0 Å². The van der Waals surface area contributed by atoms with Crippen molar-refractivity contribution < 1.29 is 9.53 Å². The van der Waals surface area contributed by atoms with Crippen molar-refractivity contribution in [2.45, 2.75) is 65.9 Å². The minimum atomic E-state index is -0.401. The van der Waals surface area contributed by atoms with Crippen LogP contribution in [0.3, 0.4) is 0 Å². The second-order valence-electron chi connectivity index (χ2n) is 7.44. The summed E-state index contributed by atoms with van der Waals surface area (Å²) in [5, 5.41) is 3.53. The van der Waals surface area contributed by atoms with Crippen molar-refractivity contribution in [2.24, 2.45) is 11.8 Å². The topological polar surface area (TPSA) is 41.6 Å². The first-order valence-corrected chi connectivity index (χ1v) is 8.50. The Bertz CT molecular complexity index is 312. The molecule has 0 aliphatic carbocycles. The molecule has 2 atom stereocenters. The van der Waals surface area contributed by atoms with Crippen LogP contribution in [0.1, 0.15) is 60.3 Å². The molecule has 1 N–H and O–H groups in total. The Morgan fingerprint density at radius 2 is 2.14 bits per heavy atom. The zero-order chi connectivity index (χ0) is 15.9. The summed E-state index contributed by atoms with van der Waals surface area (Å²) in [6, 6.07) is 0. The van der Waals surface area contributed by atoms with Crippen molar-refractivity contribution >= 4 is 6.09 Å². The van der Waals surface area contributed by atoms with Crippen molar-refractivity contribution in [3.63, 3.8) is 0 Å². The normalized spacial score (nSPS) is 21.2. The van der Waals surface area contributed by atoms with E-state index in [1.165, 1.54) is 12.8 Å². The molecule has 0 saturated carbocycles. The lowest BCUT2D eigenvalue weighted by atomic mass is 9.95. The van der Waals surface area contributed by atoms with E-state index in [0.717, 1.165) is 44.9 Å². The highest BCUT2D eigenvalue weighted by Gasteiger charge is 2.27. The number of carbonyl (C=O) groups is 1. The molecule has 1 rings (SSSR count). The van der Waals surface area contributed by atoms with Crippen LogP contribution in [0.15, 0.2) is 0 Å². The lowest BCUT2D eigenvalue weighted by Gasteiger charge is -2.34. The van der Waals surface area contributed by atoms with Gasteiger partial charge in [-0.25, -0.2) is 4.79 Å². The maximum Gasteiger partial charge on any atom is 0.410 e. The molecule has 1 amide bonds. The van der Waals surface area contributed by atoms with E-state index in [2.05, 4.69) is 19.2 Å². The molecule has 0 bridgehead atoms. The molecule has 0 aromatic rings. The summed E-state index contributed by atoms with van der Waals surface area (Å²) in [5.74, 6) is 1.35. The van der Waals surface area contributed by atoms with Gasteiger partial charge < -0.3 is 15.0 Å². The fourth-order valence-corrected chi connectivity index (χ4v) is 2.59. The molecule has 0 aromatic heterocycles. The van der Waals surface area contributed by atoms with E-state index in [4.69, 9.17) is 4.74 Å². The van der Waals surface area contributed by atoms with Crippen molar-refractivity contribution in [3.05, 3.63) is 0 Å². The van der Waals surface area contributed by atoms with E-state index >= 15 is 0 Å². The molecule has 0 radical (unpaired) electrons. The molecule has 21 heavy (non-hydrogen) atoms. The van der Waals surface area contributed by atoms with Gasteiger partial charge in [0.05, 0.1) is 0 Å². The van der Waals surface area contributed by atoms with Crippen LogP contribution >= 0.6 is 0 Å². The molecule has 1 aliphatic heterocycles. The smallest absolute Gasteiger partial charge is 0.410 e. The zero-order valence-corrected chi connectivity index (χ0v) is 14.6. The lowest BCUT2D eigenvalue weighted by Crippen LogP contribution is -2.43. The van der Waals surface area contributed by atoms with E-state index in [1.807, 2.05) is 25.7 Å². The Labute approximate surface area is 130 Å². The number of nitrogens with zero attached hydrogens (tertiary/aromatic N) is 1. The minimum Gasteiger partial charge on any atom is -0.444 e. The average molecular weight is 298 g/mol. The minimum absolute atomic E-state index is 0.153. The predicted octanol–water partition coefficient (Wildman–Crippen LogP) is 3.66. The summed E-state index contributed by atoms with van der Waals surface area (Å²) in [7, 11) is 0. The van der Waals surface area contributed by atoms with Gasteiger partial charge in [-0.3, -0.25) is 0 Å². The average Bonchev–Trinajstić information content (AvgIpc) is 2.41. The molecule has 124 valence electrons. The first kappa shape index (κ1) is 18.3. The maximum absolute atomic E-state index is 12.1. The molecular weight excluding hydrogens is 264 g/mol. The van der Waals surface area contributed by atoms with Crippen LogP contribution < -0.4 is 5.32 Å². The first-order chi connectivity index (χ1) is 9.81. The third-order valence-corrected chi connectivity index (χ3v) is 4.09. The van der Waals surface area contributed by atoms with Gasteiger partial charge in [-0.2, -0.15) is 0 Å². The summed E-state index contributed by atoms with van der Waals surface area (Å²) in [6.07, 6.45) is 4.54. The van der Waals surface area contributed by atoms with Crippen molar-refractivity contribution in [2.75, 3.05) is 26.2 Å². The molecule has 4 heteroatoms. The quantitative estimate of drug-likeness (QED) is 0.761. The molecule has 1 saturated heterocycles. The van der Waals surface area contributed by atoms with E-state index in [-0.39, 0.29) is 6.09 Å². The molecule has 1 aliphatic rings. The molecule has 4 nitrogen and oxygen atoms in total. The van der Waals surface area contributed by atoms with Gasteiger partial charge in [0.2, 0.25) is 0 Å². The van der Waals surface area contributed by atoms with Gasteiger partial charge >= 0.3 is 6.09 Å². The van der Waals surface area contributed by atoms with Gasteiger partial charge in [0.1, 0.15) is 5.60 Å². The molecule has 1 fully saturated rings. The van der Waals surface area contributed by atoms with Crippen molar-refractivity contribution in [1.29, 1.82) is 0 Å². The number of ether oxygens (including phenoxy) is 1. The van der Waals surface area contributed by atoms with E-state index in [9.17, 15) is 4.79 Å². The summed E-state index contributed by atoms with van der Waals surface area (Å²) >= 11 is 0. The highest BCUT2D eigenvalue weighted by Crippen LogP contribution is 2.21. The largest absolute Gasteiger partial charge is 0.444 e. The highest BCUT2D eigenvalue weighted by atomic mass is 16.6. The second kappa shape index (κ2) is 8.62. The fraction of sp³-hybridized carbons (Fsp3) is 0.941. The molecule has 1 heterocycles. The van der Waals surface area contributed by atoms with Gasteiger partial charge in [0.15, 0.2) is 0 Å². The van der Waals surface area contributed by atoms with E-state index < -0.39 is 5.60 Å². The zero-order valence-electron chi connectivity index (χ0n) is 14.6. The van der Waals surface area contributed by atoms with Gasteiger partial charge in [0.25, 0.3) is 0 Å². The monoisotopic (exact) mass is 298 g/mol. The number of carbonyl (C=O) groups excluding carboxylic acids is 1. The summed E-state index contributed by atoms with van der Waals surface area (Å²) in [5.41, 5.74) is -0.401. The van der Waals surface area contributed by atoms with Crippen molar-refractivity contribution in [1.82, 2.24) is 10.2 Å². The molecular formula is C17H34N2O2. The fourth-order valence-electron chi connectivity index (χ4n) is 2.59. The number of hydrogen-bond acceptors (Lipinski definition) is 3. The van der Waals surface area contributed by atoms with Gasteiger partial charge in [0, 0.05) is 13.1 Å². The Morgan fingerprint density at radius 1 is 1.43 bits per heavy atom. The number of likely N-dealkylation sites (tertiary alicyclic amines) is 1. The Morgan fingerprint density at radius 3 is 2.76 bits per heavy atom. The summed E-state index contributed by atoms with van der Waals surface area (Å²) in [4.78, 5) is 14.0. The van der Waals surface area contributed by atoms with Crippen LogP contribution in [-0.4, -0.2) is 42.8 Å². The van der Waals surface area contributed by atoms with Gasteiger partial charge in [-0.1, -0.05) is 20.3 Å². The highest BCUT2D eigenvalue weighted by molar-refractivity contribution is 5.68. The third kappa shape index (κ3) is 7.70. The van der Waals surface area contributed by atoms with Crippen LogP contribution in [0.5, 0.6) is 0 Å². The molecule has 2 unspecified atom stereocenters. The first-order valence-electron chi connectivity index (χ1n) is 8.50. The number of rotatable bonds is 6.